The van der Waals surface area contributed by atoms with E-state index in [2.05, 4.69) is 15.2 Å². The van der Waals surface area contributed by atoms with Crippen molar-refractivity contribution in [3.05, 3.63) is 35.5 Å². The molecule has 0 N–H and O–H groups in total. The van der Waals surface area contributed by atoms with Crippen LogP contribution in [0.5, 0.6) is 0 Å². The fraction of sp³-hybridized carbons (Fsp3) is 0.588. The molecule has 4 rings (SSSR count). The topological polar surface area (TPSA) is 76.6 Å². The standard InChI is InChI=1S/C17H23N5O3/c1-12-5-15(19-25-12)17(23)22-10-14-9-21(3-4-24-16(14)11-22)8-13-6-18-20(2)7-13/h5-7,14,16H,3-4,8-11H2,1-2H3/t14-,16+/m0/s1. The Labute approximate surface area is 146 Å². The summed E-state index contributed by atoms with van der Waals surface area (Å²) in [6.45, 7) is 6.47. The highest BCUT2D eigenvalue weighted by Gasteiger charge is 2.39. The summed E-state index contributed by atoms with van der Waals surface area (Å²) in [7, 11) is 1.93. The molecule has 134 valence electrons. The second-order valence-corrected chi connectivity index (χ2v) is 6.96. The maximum absolute atomic E-state index is 12.6. The third-order valence-electron chi connectivity index (χ3n) is 4.91. The average Bonchev–Trinajstić information content (AvgIpc) is 3.26. The van der Waals surface area contributed by atoms with Crippen molar-refractivity contribution >= 4 is 5.91 Å². The number of hydrogen-bond donors (Lipinski definition) is 0. The highest BCUT2D eigenvalue weighted by atomic mass is 16.5. The molecule has 0 unspecified atom stereocenters. The first-order valence-corrected chi connectivity index (χ1v) is 8.62. The number of aromatic nitrogens is 3. The molecule has 0 aromatic carbocycles. The minimum Gasteiger partial charge on any atom is -0.375 e. The zero-order chi connectivity index (χ0) is 17.4. The maximum Gasteiger partial charge on any atom is 0.276 e. The van der Waals surface area contributed by atoms with Gasteiger partial charge in [0.2, 0.25) is 0 Å². The summed E-state index contributed by atoms with van der Waals surface area (Å²) < 4.78 is 12.9. The normalized spacial score (nSPS) is 24.3. The zero-order valence-electron chi connectivity index (χ0n) is 14.6. The Bertz CT molecular complexity index is 755. The molecule has 1 amide bonds. The molecule has 0 saturated carbocycles. The quantitative estimate of drug-likeness (QED) is 0.815. The van der Waals surface area contributed by atoms with Crippen LogP contribution in [-0.4, -0.2) is 69.5 Å². The first-order chi connectivity index (χ1) is 12.1. The number of carbonyl (C=O) groups excluding carboxylic acids is 1. The Hall–Kier alpha value is -2.19. The number of hydrogen-bond acceptors (Lipinski definition) is 6. The van der Waals surface area contributed by atoms with Crippen LogP contribution < -0.4 is 0 Å². The molecule has 4 heterocycles. The molecule has 0 radical (unpaired) electrons. The molecule has 2 fully saturated rings. The molecular weight excluding hydrogens is 322 g/mol. The number of ether oxygens (including phenoxy) is 1. The van der Waals surface area contributed by atoms with Crippen LogP contribution in [0.3, 0.4) is 0 Å². The van der Waals surface area contributed by atoms with E-state index in [0.717, 1.165) is 19.6 Å². The predicted octanol–water partition coefficient (Wildman–Crippen LogP) is 0.690. The van der Waals surface area contributed by atoms with Crippen molar-refractivity contribution in [3.63, 3.8) is 0 Å². The third kappa shape index (κ3) is 3.45. The van der Waals surface area contributed by atoms with Gasteiger partial charge >= 0.3 is 0 Å². The van der Waals surface area contributed by atoms with E-state index in [1.54, 1.807) is 13.0 Å². The molecule has 8 heteroatoms. The summed E-state index contributed by atoms with van der Waals surface area (Å²) in [5.74, 6) is 0.888. The van der Waals surface area contributed by atoms with Crippen LogP contribution in [0.15, 0.2) is 23.0 Å². The van der Waals surface area contributed by atoms with Gasteiger partial charge in [-0.3, -0.25) is 14.4 Å². The van der Waals surface area contributed by atoms with Crippen LogP contribution in [0, 0.1) is 12.8 Å². The zero-order valence-corrected chi connectivity index (χ0v) is 14.6. The SMILES string of the molecule is Cc1cc(C(=O)N2C[C@@H]3CN(Cc4cnn(C)c4)CCO[C@@H]3C2)no1. The van der Waals surface area contributed by atoms with Gasteiger partial charge in [0.25, 0.3) is 5.91 Å². The van der Waals surface area contributed by atoms with Gasteiger partial charge in [0.05, 0.1) is 18.9 Å². The van der Waals surface area contributed by atoms with Crippen LogP contribution in [0.1, 0.15) is 21.8 Å². The largest absolute Gasteiger partial charge is 0.375 e. The van der Waals surface area contributed by atoms with Crippen LogP contribution in [0.2, 0.25) is 0 Å². The van der Waals surface area contributed by atoms with E-state index in [4.69, 9.17) is 9.26 Å². The maximum atomic E-state index is 12.6. The molecule has 0 bridgehead atoms. The van der Waals surface area contributed by atoms with Gasteiger partial charge in [-0.05, 0) is 6.92 Å². The smallest absolute Gasteiger partial charge is 0.276 e. The van der Waals surface area contributed by atoms with Gasteiger partial charge in [-0.15, -0.1) is 0 Å². The molecule has 8 nitrogen and oxygen atoms in total. The first kappa shape index (κ1) is 16.3. The number of aryl methyl sites for hydroxylation is 2. The monoisotopic (exact) mass is 345 g/mol. The highest BCUT2D eigenvalue weighted by molar-refractivity contribution is 5.92. The predicted molar refractivity (Wildman–Crippen MR) is 88.9 cm³/mol. The molecule has 0 spiro atoms. The molecule has 0 aliphatic carbocycles. The van der Waals surface area contributed by atoms with Gasteiger partial charge in [-0.1, -0.05) is 5.16 Å². The summed E-state index contributed by atoms with van der Waals surface area (Å²) in [6.07, 6.45) is 4.04. The molecule has 2 aromatic heterocycles. The van der Waals surface area contributed by atoms with E-state index in [-0.39, 0.29) is 12.0 Å². The second kappa shape index (κ2) is 6.61. The Morgan fingerprint density at radius 2 is 2.24 bits per heavy atom. The Kier molecular flexibility index (Phi) is 4.30. The number of nitrogens with zero attached hydrogens (tertiary/aromatic N) is 5. The van der Waals surface area contributed by atoms with Gasteiger partial charge in [-0.25, -0.2) is 0 Å². The molecular formula is C17H23N5O3. The fourth-order valence-corrected chi connectivity index (χ4v) is 3.71. The van der Waals surface area contributed by atoms with Crippen LogP contribution in [0.4, 0.5) is 0 Å². The van der Waals surface area contributed by atoms with Crippen molar-refractivity contribution in [2.24, 2.45) is 13.0 Å². The summed E-state index contributed by atoms with van der Waals surface area (Å²) in [5.41, 5.74) is 1.58. The lowest BCUT2D eigenvalue weighted by molar-refractivity contribution is 0.0481. The van der Waals surface area contributed by atoms with Gasteiger partial charge < -0.3 is 14.2 Å². The van der Waals surface area contributed by atoms with Crippen molar-refractivity contribution < 1.29 is 14.1 Å². The molecule has 2 aliphatic rings. The van der Waals surface area contributed by atoms with Gasteiger partial charge in [0, 0.05) is 63.5 Å². The van der Waals surface area contributed by atoms with Crippen LogP contribution in [-0.2, 0) is 18.3 Å². The van der Waals surface area contributed by atoms with Crippen molar-refractivity contribution in [2.45, 2.75) is 19.6 Å². The number of fused-ring (bicyclic) bond motifs is 1. The lowest BCUT2D eigenvalue weighted by Gasteiger charge is -2.22. The molecule has 2 atom stereocenters. The van der Waals surface area contributed by atoms with E-state index in [0.29, 0.717) is 37.1 Å². The summed E-state index contributed by atoms with van der Waals surface area (Å²) >= 11 is 0. The molecule has 2 aromatic rings. The third-order valence-corrected chi connectivity index (χ3v) is 4.91. The highest BCUT2D eigenvalue weighted by Crippen LogP contribution is 2.25. The minimum absolute atomic E-state index is 0.0765. The number of amides is 1. The number of rotatable bonds is 3. The average molecular weight is 345 g/mol. The van der Waals surface area contributed by atoms with E-state index >= 15 is 0 Å². The van der Waals surface area contributed by atoms with E-state index < -0.39 is 0 Å². The second-order valence-electron chi connectivity index (χ2n) is 6.96. The van der Waals surface area contributed by atoms with Crippen LogP contribution in [0.25, 0.3) is 0 Å². The Balaban J connectivity index is 1.41. The minimum atomic E-state index is -0.0765. The number of carbonyl (C=O) groups is 1. The molecule has 2 aliphatic heterocycles. The Morgan fingerprint density at radius 1 is 1.36 bits per heavy atom. The van der Waals surface area contributed by atoms with E-state index in [1.165, 1.54) is 5.56 Å². The Morgan fingerprint density at radius 3 is 2.96 bits per heavy atom. The van der Waals surface area contributed by atoms with E-state index in [9.17, 15) is 4.79 Å². The summed E-state index contributed by atoms with van der Waals surface area (Å²) in [4.78, 5) is 16.8. The summed E-state index contributed by atoms with van der Waals surface area (Å²) in [6, 6.07) is 1.69. The van der Waals surface area contributed by atoms with Gasteiger partial charge in [0.15, 0.2) is 5.69 Å². The first-order valence-electron chi connectivity index (χ1n) is 8.62. The van der Waals surface area contributed by atoms with Crippen molar-refractivity contribution in [3.8, 4) is 0 Å². The van der Waals surface area contributed by atoms with Crippen molar-refractivity contribution in [1.82, 2.24) is 24.7 Å². The van der Waals surface area contributed by atoms with Crippen molar-refractivity contribution in [2.75, 3.05) is 32.8 Å². The fourth-order valence-electron chi connectivity index (χ4n) is 3.71. The molecule has 2 saturated heterocycles. The molecule has 25 heavy (non-hydrogen) atoms. The lowest BCUT2D eigenvalue weighted by atomic mass is 10.1. The van der Waals surface area contributed by atoms with Crippen LogP contribution >= 0.6 is 0 Å². The van der Waals surface area contributed by atoms with Gasteiger partial charge in [0.1, 0.15) is 5.76 Å². The number of likely N-dealkylation sites (tertiary alicyclic amines) is 1. The summed E-state index contributed by atoms with van der Waals surface area (Å²) in [5, 5.41) is 8.08. The lowest BCUT2D eigenvalue weighted by Crippen LogP contribution is -2.33. The van der Waals surface area contributed by atoms with Gasteiger partial charge in [-0.2, -0.15) is 5.10 Å². The van der Waals surface area contributed by atoms with E-state index in [1.807, 2.05) is 29.0 Å². The van der Waals surface area contributed by atoms with Crippen molar-refractivity contribution in [1.29, 1.82) is 0 Å².